The second kappa shape index (κ2) is 14.6. The van der Waals surface area contributed by atoms with Crippen molar-refractivity contribution in [2.75, 3.05) is 47.1 Å². The molecule has 1 aliphatic rings. The molecule has 1 aromatic carbocycles. The fraction of sp³-hybridized carbons (Fsp3) is 0.314. The second-order valence-electron chi connectivity index (χ2n) is 11.7. The molecule has 1 aliphatic heterocycles. The predicted octanol–water partition coefficient (Wildman–Crippen LogP) is 6.64. The molecule has 262 valence electrons. The summed E-state index contributed by atoms with van der Waals surface area (Å²) in [7, 11) is 3.00. The Hall–Kier alpha value is -4.70. The summed E-state index contributed by atoms with van der Waals surface area (Å²) in [5.41, 5.74) is 2.14. The van der Waals surface area contributed by atoms with Crippen molar-refractivity contribution in [1.29, 1.82) is 0 Å². The van der Waals surface area contributed by atoms with E-state index in [-0.39, 0.29) is 53.7 Å². The van der Waals surface area contributed by atoms with Gasteiger partial charge in [0.25, 0.3) is 0 Å². The number of methoxy groups -OCH3 is 2. The number of aromatic amines is 1. The number of ether oxygens (including phenoxy) is 3. The Morgan fingerprint density at radius 1 is 1.14 bits per heavy atom. The molecule has 0 aliphatic carbocycles. The second-order valence-corrected chi connectivity index (χ2v) is 12.6. The van der Waals surface area contributed by atoms with Crippen LogP contribution in [0.5, 0.6) is 5.75 Å². The van der Waals surface area contributed by atoms with Gasteiger partial charge in [-0.05, 0) is 42.1 Å². The Balaban J connectivity index is 1.57. The van der Waals surface area contributed by atoms with E-state index in [0.717, 1.165) is 18.2 Å². The Bertz CT molecular complexity index is 2050. The van der Waals surface area contributed by atoms with Crippen molar-refractivity contribution in [3.8, 4) is 39.5 Å². The topological polar surface area (TPSA) is 114 Å². The third-order valence-electron chi connectivity index (χ3n) is 8.29. The van der Waals surface area contributed by atoms with Crippen LogP contribution in [-0.2, 0) is 26.7 Å². The van der Waals surface area contributed by atoms with Gasteiger partial charge in [-0.1, -0.05) is 6.58 Å². The third kappa shape index (κ3) is 6.99. The van der Waals surface area contributed by atoms with Crippen LogP contribution < -0.4 is 10.1 Å². The lowest BCUT2D eigenvalue weighted by molar-refractivity contribution is -0.117. The van der Waals surface area contributed by atoms with Crippen LogP contribution in [0.3, 0.4) is 0 Å². The smallest absolute Gasteiger partial charge is 0.302 e. The molecule has 1 amide bonds. The number of nitrogens with one attached hydrogen (secondary N) is 2. The first kappa shape index (κ1) is 35.1. The lowest BCUT2D eigenvalue weighted by Gasteiger charge is -2.33. The molecule has 50 heavy (non-hydrogen) atoms. The molecule has 0 fully saturated rings. The minimum Gasteiger partial charge on any atom is -0.490 e. The van der Waals surface area contributed by atoms with Crippen LogP contribution in [0.4, 0.5) is 17.6 Å². The zero-order chi connectivity index (χ0) is 35.6. The quantitative estimate of drug-likeness (QED) is 0.0795. The van der Waals surface area contributed by atoms with Crippen LogP contribution in [0.1, 0.15) is 29.9 Å². The number of halogens is 4. The Morgan fingerprint density at radius 2 is 1.94 bits per heavy atom. The lowest BCUT2D eigenvalue weighted by Crippen LogP contribution is -2.42. The van der Waals surface area contributed by atoms with Gasteiger partial charge in [0.1, 0.15) is 41.1 Å². The average molecular weight is 711 g/mol. The van der Waals surface area contributed by atoms with Crippen LogP contribution >= 0.6 is 11.3 Å². The normalized spacial score (nSPS) is 14.8. The minimum absolute atomic E-state index is 0.0146. The molecule has 0 spiro atoms. The molecule has 4 aromatic heterocycles. The number of thiophene rings is 1. The van der Waals surface area contributed by atoms with E-state index in [1.54, 1.807) is 35.4 Å². The number of hydrogen-bond acceptors (Lipinski definition) is 9. The van der Waals surface area contributed by atoms with Crippen molar-refractivity contribution in [1.82, 2.24) is 30.4 Å². The summed E-state index contributed by atoms with van der Waals surface area (Å²) in [6.45, 7) is 5.76. The monoisotopic (exact) mass is 710 g/mol. The highest BCUT2D eigenvalue weighted by atomic mass is 32.1. The molecule has 10 nitrogen and oxygen atoms in total. The molecular formula is C35H34F4N6O4S. The molecule has 0 saturated carbocycles. The number of fused-ring (bicyclic) bond motifs is 2. The predicted molar refractivity (Wildman–Crippen MR) is 181 cm³/mol. The highest BCUT2D eigenvalue weighted by Gasteiger charge is 2.42. The van der Waals surface area contributed by atoms with Gasteiger partial charge in [-0.2, -0.15) is 13.9 Å². The van der Waals surface area contributed by atoms with Crippen LogP contribution in [0.25, 0.3) is 43.9 Å². The number of nitrogens with zero attached hydrogens (tertiary/aromatic N) is 4. The van der Waals surface area contributed by atoms with Gasteiger partial charge in [-0.15, -0.1) is 11.3 Å². The van der Waals surface area contributed by atoms with E-state index < -0.39 is 36.1 Å². The molecule has 5 heterocycles. The third-order valence-corrected chi connectivity index (χ3v) is 9.22. The van der Waals surface area contributed by atoms with Gasteiger partial charge in [0, 0.05) is 66.9 Å². The molecule has 0 radical (unpaired) electrons. The number of hydrogen-bond donors (Lipinski definition) is 2. The van der Waals surface area contributed by atoms with Gasteiger partial charge in [-0.3, -0.25) is 19.8 Å². The van der Waals surface area contributed by atoms with E-state index in [1.165, 1.54) is 31.8 Å². The minimum atomic E-state index is -3.18. The summed E-state index contributed by atoms with van der Waals surface area (Å²) in [5.74, 6) is -5.37. The summed E-state index contributed by atoms with van der Waals surface area (Å²) < 4.78 is 77.7. The molecule has 0 saturated heterocycles. The van der Waals surface area contributed by atoms with Crippen molar-refractivity contribution in [2.24, 2.45) is 0 Å². The van der Waals surface area contributed by atoms with Crippen molar-refractivity contribution >= 4 is 27.3 Å². The number of benzene rings is 1. The van der Waals surface area contributed by atoms with Gasteiger partial charge in [-0.25, -0.2) is 13.8 Å². The first-order chi connectivity index (χ1) is 24.0. The van der Waals surface area contributed by atoms with Gasteiger partial charge >= 0.3 is 5.92 Å². The van der Waals surface area contributed by atoms with Crippen molar-refractivity contribution in [3.05, 3.63) is 83.1 Å². The zero-order valence-electron chi connectivity index (χ0n) is 27.5. The fourth-order valence-corrected chi connectivity index (χ4v) is 6.90. The van der Waals surface area contributed by atoms with Crippen LogP contribution in [0.2, 0.25) is 0 Å². The molecule has 5 aromatic rings. The van der Waals surface area contributed by atoms with E-state index in [4.69, 9.17) is 19.2 Å². The maximum absolute atomic E-state index is 16.0. The highest BCUT2D eigenvalue weighted by molar-refractivity contribution is 7.18. The summed E-state index contributed by atoms with van der Waals surface area (Å²) >= 11 is 1.29. The van der Waals surface area contributed by atoms with Gasteiger partial charge < -0.3 is 19.5 Å². The standard InChI is InChI=1S/C35H34F4N6O4S/c1-5-28(46)41-19(2)25-15-26(44-43-25)32-30(29-24(37)13-22(36)14-27(29)49-10-9-48-4)33-23(6-11-50-33)31(42-32)20-12-21-17-45(7-8-47-3)18-35(38,39)34(21)40-16-20/h5-6,11-16,19H,1,7-10,17-18H2,2-4H3,(H,41,46)(H,43,44). The molecule has 6 rings (SSSR count). The highest BCUT2D eigenvalue weighted by Crippen LogP contribution is 2.47. The van der Waals surface area contributed by atoms with Gasteiger partial charge in [0.15, 0.2) is 0 Å². The van der Waals surface area contributed by atoms with E-state index in [0.29, 0.717) is 45.8 Å². The van der Waals surface area contributed by atoms with E-state index in [1.807, 2.05) is 0 Å². The molecule has 1 unspecified atom stereocenters. The maximum atomic E-state index is 16.0. The first-order valence-corrected chi connectivity index (χ1v) is 16.5. The maximum Gasteiger partial charge on any atom is 0.302 e. The molecular weight excluding hydrogens is 676 g/mol. The molecule has 0 bridgehead atoms. The van der Waals surface area contributed by atoms with Crippen molar-refractivity contribution in [2.45, 2.75) is 25.4 Å². The van der Waals surface area contributed by atoms with Crippen LogP contribution in [0, 0.1) is 11.6 Å². The average Bonchev–Trinajstić information content (AvgIpc) is 3.77. The Labute approximate surface area is 289 Å². The van der Waals surface area contributed by atoms with Gasteiger partial charge in [0.05, 0.1) is 42.8 Å². The fourth-order valence-electron chi connectivity index (χ4n) is 5.95. The number of alkyl halides is 2. The number of pyridine rings is 2. The SMILES string of the molecule is C=CC(=O)NC(C)c1cc(-c2nc(-c3cnc4c(c3)CN(CCOC)CC4(F)F)c3ccsc3c2-c2c(F)cc(F)cc2OCCOC)n[nH]1. The number of rotatable bonds is 13. The number of H-pyrrole nitrogens is 1. The largest absolute Gasteiger partial charge is 0.490 e. The van der Waals surface area contributed by atoms with E-state index in [2.05, 4.69) is 27.1 Å². The van der Waals surface area contributed by atoms with Gasteiger partial charge in [0.2, 0.25) is 5.91 Å². The van der Waals surface area contributed by atoms with Crippen molar-refractivity contribution < 1.29 is 36.6 Å². The first-order valence-electron chi connectivity index (χ1n) is 15.6. The lowest BCUT2D eigenvalue weighted by atomic mass is 9.95. The summed E-state index contributed by atoms with van der Waals surface area (Å²) in [5, 5.41) is 12.5. The number of carbonyl (C=O) groups excluding carboxylic acids is 1. The Morgan fingerprint density at radius 3 is 2.70 bits per heavy atom. The van der Waals surface area contributed by atoms with Crippen LogP contribution in [-0.4, -0.2) is 78.1 Å². The summed E-state index contributed by atoms with van der Waals surface area (Å²) in [6.07, 6.45) is 2.51. The Kier molecular flexibility index (Phi) is 10.3. The summed E-state index contributed by atoms with van der Waals surface area (Å²) in [6, 6.07) is 6.45. The van der Waals surface area contributed by atoms with Crippen LogP contribution in [0.15, 0.2) is 54.6 Å². The number of amides is 1. The molecule has 2 N–H and O–H groups in total. The van der Waals surface area contributed by atoms with E-state index >= 15 is 13.2 Å². The number of aromatic nitrogens is 4. The van der Waals surface area contributed by atoms with E-state index in [9.17, 15) is 9.18 Å². The molecule has 1 atom stereocenters. The number of carbonyl (C=O) groups is 1. The molecule has 15 heteroatoms. The summed E-state index contributed by atoms with van der Waals surface area (Å²) in [4.78, 5) is 22.9. The van der Waals surface area contributed by atoms with Crippen molar-refractivity contribution in [3.63, 3.8) is 0 Å². The zero-order valence-corrected chi connectivity index (χ0v) is 28.3.